The van der Waals surface area contributed by atoms with E-state index in [0.717, 1.165) is 0 Å². The molecule has 0 spiro atoms. The molecule has 0 fully saturated rings. The summed E-state index contributed by atoms with van der Waals surface area (Å²) < 4.78 is 1.20. The van der Waals surface area contributed by atoms with E-state index in [1.165, 1.54) is 3.80 Å². The summed E-state index contributed by atoms with van der Waals surface area (Å²) in [4.78, 5) is 3.96. The van der Waals surface area contributed by atoms with Gasteiger partial charge in [-0.25, -0.2) is 0 Å². The normalized spacial score (nSPS) is 7.57. The van der Waals surface area contributed by atoms with E-state index in [0.29, 0.717) is 0 Å². The van der Waals surface area contributed by atoms with Crippen LogP contribution in [0.15, 0.2) is 11.6 Å². The van der Waals surface area contributed by atoms with E-state index in [-0.39, 0.29) is 12.4 Å². The van der Waals surface area contributed by atoms with Crippen LogP contribution >= 0.6 is 23.7 Å². The molecule has 0 radical (unpaired) electrons. The Morgan fingerprint density at radius 3 is 2.57 bits per heavy atom. The molecule has 0 N–H and O–H groups in total. The van der Waals surface area contributed by atoms with Crippen LogP contribution in [-0.4, -0.2) is 21.8 Å². The first-order valence-electron chi connectivity index (χ1n) is 1.54. The molecule has 0 amide bonds. The number of nitrogens with zero attached hydrogens (tertiary/aromatic N) is 1. The zero-order valence-corrected chi connectivity index (χ0v) is 7.55. The van der Waals surface area contributed by atoms with Crippen LogP contribution in [0.2, 0.25) is 0 Å². The number of thiazole rings is 1. The van der Waals surface area contributed by atoms with Crippen molar-refractivity contribution in [3.8, 4) is 0 Å². The van der Waals surface area contributed by atoms with E-state index in [1.807, 2.05) is 11.6 Å². The number of aromatic nitrogens is 1. The van der Waals surface area contributed by atoms with Crippen molar-refractivity contribution in [3.63, 3.8) is 0 Å². The van der Waals surface area contributed by atoms with Crippen LogP contribution in [0.4, 0.5) is 0 Å². The molecule has 0 aromatic carbocycles. The predicted octanol–water partition coefficient (Wildman–Crippen LogP) is -0.177. The summed E-state index contributed by atoms with van der Waals surface area (Å²) in [5.74, 6) is 0. The summed E-state index contributed by atoms with van der Waals surface area (Å²) in [5.41, 5.74) is 0. The molecule has 0 aliphatic carbocycles. The Labute approximate surface area is 61.1 Å². The molecule has 1 rings (SSSR count). The zero-order chi connectivity index (χ0) is 4.41. The monoisotopic (exact) mass is 197 g/mol. The maximum absolute atomic E-state index is 3.96. The van der Waals surface area contributed by atoms with E-state index in [9.17, 15) is 0 Å². The van der Waals surface area contributed by atoms with Gasteiger partial charge in [-0.1, -0.05) is 0 Å². The molecule has 1 aromatic rings. The van der Waals surface area contributed by atoms with Gasteiger partial charge in [-0.2, -0.15) is 0 Å². The van der Waals surface area contributed by atoms with Crippen molar-refractivity contribution in [2.24, 2.45) is 0 Å². The van der Waals surface area contributed by atoms with Crippen LogP contribution in [0.1, 0.15) is 0 Å². The van der Waals surface area contributed by atoms with Gasteiger partial charge in [-0.15, -0.1) is 12.4 Å². The molecular formula is C3H5AsClNS. The van der Waals surface area contributed by atoms with Crippen LogP contribution in [0, 0.1) is 0 Å². The summed E-state index contributed by atoms with van der Waals surface area (Å²) in [6.45, 7) is 0. The third kappa shape index (κ3) is 2.32. The van der Waals surface area contributed by atoms with Gasteiger partial charge >= 0.3 is 48.5 Å². The number of hydrogen-bond donors (Lipinski definition) is 0. The van der Waals surface area contributed by atoms with E-state index >= 15 is 0 Å². The number of halogens is 1. The Kier molecular flexibility index (Phi) is 3.71. The molecule has 0 aliphatic heterocycles. The second kappa shape index (κ2) is 3.48. The first-order chi connectivity index (χ1) is 2.89. The van der Waals surface area contributed by atoms with Gasteiger partial charge in [0.1, 0.15) is 0 Å². The molecular weight excluding hydrogens is 192 g/mol. The minimum absolute atomic E-state index is 0. The standard InChI is InChI=1S/C3H4AsNS.ClH/c4-3-5-1-2-6-3;/h1-2H,4H2;1H. The van der Waals surface area contributed by atoms with Gasteiger partial charge in [0.05, 0.1) is 0 Å². The third-order valence-electron chi connectivity index (χ3n) is 0.451. The van der Waals surface area contributed by atoms with Crippen LogP contribution < -0.4 is 3.80 Å². The Hall–Kier alpha value is 0.478. The Balaban J connectivity index is 0.000000360. The van der Waals surface area contributed by atoms with Gasteiger partial charge in [0.15, 0.2) is 0 Å². The molecule has 4 heteroatoms. The number of hydrogen-bond acceptors (Lipinski definition) is 2. The molecule has 1 aromatic heterocycles. The van der Waals surface area contributed by atoms with Crippen molar-refractivity contribution in [1.82, 2.24) is 4.98 Å². The molecule has 1 heterocycles. The summed E-state index contributed by atoms with van der Waals surface area (Å²) in [6, 6.07) is 0. The zero-order valence-electron chi connectivity index (χ0n) is 3.50. The van der Waals surface area contributed by atoms with Gasteiger partial charge in [-0.3, -0.25) is 0 Å². The van der Waals surface area contributed by atoms with Gasteiger partial charge in [-0.05, 0) is 0 Å². The van der Waals surface area contributed by atoms with E-state index in [1.54, 1.807) is 28.2 Å². The van der Waals surface area contributed by atoms with Crippen molar-refractivity contribution in [1.29, 1.82) is 0 Å². The van der Waals surface area contributed by atoms with Gasteiger partial charge in [0.25, 0.3) is 0 Å². The fourth-order valence-corrected chi connectivity index (χ4v) is 1.29. The minimum atomic E-state index is 0. The molecule has 1 atom stereocenters. The van der Waals surface area contributed by atoms with Crippen molar-refractivity contribution >= 4 is 44.4 Å². The van der Waals surface area contributed by atoms with Crippen molar-refractivity contribution in [2.45, 2.75) is 0 Å². The third-order valence-corrected chi connectivity index (χ3v) is 2.23. The van der Waals surface area contributed by atoms with Crippen molar-refractivity contribution < 1.29 is 0 Å². The summed E-state index contributed by atoms with van der Waals surface area (Å²) >= 11 is 3.29. The predicted molar refractivity (Wildman–Crippen MR) is 37.5 cm³/mol. The maximum atomic E-state index is 3.96. The molecule has 40 valence electrons. The average Bonchev–Trinajstić information content (AvgIpc) is 1.86. The van der Waals surface area contributed by atoms with Crippen molar-refractivity contribution in [2.75, 3.05) is 0 Å². The Morgan fingerprint density at radius 1 is 1.71 bits per heavy atom. The molecule has 1 unspecified atom stereocenters. The Morgan fingerprint density at radius 2 is 2.43 bits per heavy atom. The fraction of sp³-hybridized carbons (Fsp3) is 0. The van der Waals surface area contributed by atoms with Gasteiger partial charge in [0, 0.05) is 0 Å². The molecule has 1 nitrogen and oxygen atoms in total. The second-order valence-electron chi connectivity index (χ2n) is 0.870. The van der Waals surface area contributed by atoms with Crippen LogP contribution in [0.3, 0.4) is 0 Å². The van der Waals surface area contributed by atoms with Crippen LogP contribution in [0.25, 0.3) is 0 Å². The topological polar surface area (TPSA) is 12.9 Å². The fourth-order valence-electron chi connectivity index (χ4n) is 0.234. The quantitative estimate of drug-likeness (QED) is 0.526. The molecule has 7 heavy (non-hydrogen) atoms. The molecule has 0 bridgehead atoms. The molecule has 0 saturated carbocycles. The van der Waals surface area contributed by atoms with Crippen LogP contribution in [-0.2, 0) is 0 Å². The van der Waals surface area contributed by atoms with Gasteiger partial charge < -0.3 is 0 Å². The second-order valence-corrected chi connectivity index (χ2v) is 3.82. The van der Waals surface area contributed by atoms with E-state index < -0.39 is 0 Å². The average molecular weight is 198 g/mol. The SMILES string of the molecule is Cl.[AsH2]c1nccs1. The first kappa shape index (κ1) is 7.48. The summed E-state index contributed by atoms with van der Waals surface area (Å²) in [6.07, 6.45) is 1.82. The van der Waals surface area contributed by atoms with Gasteiger partial charge in [0.2, 0.25) is 0 Å². The number of rotatable bonds is 0. The van der Waals surface area contributed by atoms with E-state index in [4.69, 9.17) is 0 Å². The van der Waals surface area contributed by atoms with Crippen molar-refractivity contribution in [3.05, 3.63) is 11.6 Å². The summed E-state index contributed by atoms with van der Waals surface area (Å²) in [7, 11) is 0. The Bertz CT molecular complexity index is 118. The molecule has 0 saturated heterocycles. The van der Waals surface area contributed by atoms with Crippen LogP contribution in [0.5, 0.6) is 0 Å². The first-order valence-corrected chi connectivity index (χ1v) is 3.63. The molecule has 0 aliphatic rings. The van der Waals surface area contributed by atoms with E-state index in [2.05, 4.69) is 4.98 Å². The summed E-state index contributed by atoms with van der Waals surface area (Å²) in [5, 5.41) is 1.98.